The molecular weight excluding hydrogens is 191 g/mol. The van der Waals surface area contributed by atoms with Crippen LogP contribution in [0.25, 0.3) is 0 Å². The standard InChI is InChI=1S/C10H10ClFO/c1-7(13)2-8-3-9(6-12)5-10(11)4-8/h3-5H,2,6H2,1H3. The van der Waals surface area contributed by atoms with Crippen molar-refractivity contribution in [2.45, 2.75) is 20.0 Å². The molecule has 3 heteroatoms. The Morgan fingerprint density at radius 3 is 2.54 bits per heavy atom. The van der Waals surface area contributed by atoms with Gasteiger partial charge < -0.3 is 0 Å². The monoisotopic (exact) mass is 200 g/mol. The maximum Gasteiger partial charge on any atom is 0.134 e. The lowest BCUT2D eigenvalue weighted by Gasteiger charge is -2.01. The molecule has 0 heterocycles. The van der Waals surface area contributed by atoms with Gasteiger partial charge >= 0.3 is 0 Å². The summed E-state index contributed by atoms with van der Waals surface area (Å²) < 4.78 is 12.3. The quantitative estimate of drug-likeness (QED) is 0.733. The molecule has 0 atom stereocenters. The van der Waals surface area contributed by atoms with Gasteiger partial charge in [-0.15, -0.1) is 0 Å². The minimum absolute atomic E-state index is 0.0482. The summed E-state index contributed by atoms with van der Waals surface area (Å²) in [6.45, 7) is 0.946. The van der Waals surface area contributed by atoms with E-state index in [2.05, 4.69) is 0 Å². The van der Waals surface area contributed by atoms with Crippen LogP contribution >= 0.6 is 11.6 Å². The number of rotatable bonds is 3. The normalized spacial score (nSPS) is 10.1. The number of carbonyl (C=O) groups is 1. The Morgan fingerprint density at radius 1 is 1.38 bits per heavy atom. The second-order valence-electron chi connectivity index (χ2n) is 2.98. The number of benzene rings is 1. The lowest BCUT2D eigenvalue weighted by Crippen LogP contribution is -1.97. The van der Waals surface area contributed by atoms with Gasteiger partial charge in [0, 0.05) is 11.4 Å². The molecule has 0 aliphatic carbocycles. The predicted molar refractivity (Wildman–Crippen MR) is 50.6 cm³/mol. The van der Waals surface area contributed by atoms with Crippen LogP contribution in [0.1, 0.15) is 18.1 Å². The molecule has 0 N–H and O–H groups in total. The summed E-state index contributed by atoms with van der Waals surface area (Å²) >= 11 is 5.73. The fourth-order valence-electron chi connectivity index (χ4n) is 1.18. The molecule has 0 spiro atoms. The maximum absolute atomic E-state index is 12.3. The third-order valence-electron chi connectivity index (χ3n) is 1.62. The Labute approximate surface area is 81.5 Å². The van der Waals surface area contributed by atoms with Crippen molar-refractivity contribution in [2.24, 2.45) is 0 Å². The van der Waals surface area contributed by atoms with Crippen molar-refractivity contribution in [3.05, 3.63) is 34.3 Å². The van der Waals surface area contributed by atoms with Gasteiger partial charge in [-0.3, -0.25) is 4.79 Å². The molecule has 0 fully saturated rings. The Balaban J connectivity index is 2.94. The SMILES string of the molecule is CC(=O)Cc1cc(Cl)cc(CF)c1. The molecule has 0 saturated carbocycles. The molecule has 0 amide bonds. The van der Waals surface area contributed by atoms with Gasteiger partial charge in [-0.05, 0) is 30.2 Å². The summed E-state index contributed by atoms with van der Waals surface area (Å²) in [6, 6.07) is 4.90. The average Bonchev–Trinajstić information content (AvgIpc) is 2.01. The number of carbonyl (C=O) groups excluding carboxylic acids is 1. The van der Waals surface area contributed by atoms with Crippen molar-refractivity contribution in [3.8, 4) is 0 Å². The first kappa shape index (κ1) is 10.2. The number of halogens is 2. The van der Waals surface area contributed by atoms with Gasteiger partial charge in [0.25, 0.3) is 0 Å². The van der Waals surface area contributed by atoms with E-state index in [0.29, 0.717) is 17.0 Å². The van der Waals surface area contributed by atoms with E-state index in [1.807, 2.05) is 0 Å². The molecule has 0 aromatic heterocycles. The number of ketones is 1. The average molecular weight is 201 g/mol. The number of alkyl halides is 1. The van der Waals surface area contributed by atoms with E-state index < -0.39 is 6.67 Å². The summed E-state index contributed by atoms with van der Waals surface area (Å²) in [4.78, 5) is 10.8. The lowest BCUT2D eigenvalue weighted by molar-refractivity contribution is -0.116. The Kier molecular flexibility index (Phi) is 3.43. The minimum atomic E-state index is -0.550. The predicted octanol–water partition coefficient (Wildman–Crippen LogP) is 2.94. The van der Waals surface area contributed by atoms with Crippen molar-refractivity contribution in [2.75, 3.05) is 0 Å². The molecule has 0 saturated heterocycles. The third kappa shape index (κ3) is 3.15. The highest BCUT2D eigenvalue weighted by Crippen LogP contribution is 2.16. The zero-order valence-corrected chi connectivity index (χ0v) is 8.07. The molecule has 13 heavy (non-hydrogen) atoms. The molecule has 0 radical (unpaired) electrons. The van der Waals surface area contributed by atoms with Crippen LogP contribution in [-0.2, 0) is 17.9 Å². The van der Waals surface area contributed by atoms with Gasteiger partial charge in [0.2, 0.25) is 0 Å². The molecule has 1 aromatic carbocycles. The molecule has 0 bridgehead atoms. The van der Waals surface area contributed by atoms with E-state index >= 15 is 0 Å². The molecular formula is C10H10ClFO. The molecule has 1 aromatic rings. The van der Waals surface area contributed by atoms with Crippen molar-refractivity contribution in [1.82, 2.24) is 0 Å². The smallest absolute Gasteiger partial charge is 0.134 e. The van der Waals surface area contributed by atoms with Crippen LogP contribution in [0.3, 0.4) is 0 Å². The molecule has 1 rings (SSSR count). The second kappa shape index (κ2) is 4.38. The summed E-state index contributed by atoms with van der Waals surface area (Å²) in [5.74, 6) is 0.0482. The first-order chi connectivity index (χ1) is 6.11. The largest absolute Gasteiger partial charge is 0.300 e. The number of hydrogen-bond acceptors (Lipinski definition) is 1. The molecule has 1 nitrogen and oxygen atoms in total. The fraction of sp³-hybridized carbons (Fsp3) is 0.300. The van der Waals surface area contributed by atoms with E-state index in [1.54, 1.807) is 18.2 Å². The fourth-order valence-corrected chi connectivity index (χ4v) is 1.46. The summed E-state index contributed by atoms with van der Waals surface area (Å²) in [7, 11) is 0. The van der Waals surface area contributed by atoms with Crippen LogP contribution in [0.2, 0.25) is 5.02 Å². The molecule has 70 valence electrons. The van der Waals surface area contributed by atoms with Crippen LogP contribution in [0.4, 0.5) is 4.39 Å². The van der Waals surface area contributed by atoms with Crippen molar-refractivity contribution < 1.29 is 9.18 Å². The van der Waals surface area contributed by atoms with Crippen LogP contribution in [0, 0.1) is 0 Å². The van der Waals surface area contributed by atoms with Crippen LogP contribution < -0.4 is 0 Å². The Bertz CT molecular complexity index is 323. The highest BCUT2D eigenvalue weighted by Gasteiger charge is 2.01. The van der Waals surface area contributed by atoms with E-state index in [-0.39, 0.29) is 5.78 Å². The van der Waals surface area contributed by atoms with Gasteiger partial charge in [-0.25, -0.2) is 4.39 Å². The highest BCUT2D eigenvalue weighted by atomic mass is 35.5. The van der Waals surface area contributed by atoms with Crippen molar-refractivity contribution in [3.63, 3.8) is 0 Å². The van der Waals surface area contributed by atoms with Gasteiger partial charge in [0.15, 0.2) is 0 Å². The topological polar surface area (TPSA) is 17.1 Å². The van der Waals surface area contributed by atoms with Gasteiger partial charge in [-0.2, -0.15) is 0 Å². The van der Waals surface area contributed by atoms with Gasteiger partial charge in [-0.1, -0.05) is 17.7 Å². The third-order valence-corrected chi connectivity index (χ3v) is 1.84. The summed E-state index contributed by atoms with van der Waals surface area (Å²) in [5.41, 5.74) is 1.29. The van der Waals surface area contributed by atoms with E-state index in [0.717, 1.165) is 5.56 Å². The summed E-state index contributed by atoms with van der Waals surface area (Å²) in [5, 5.41) is 0.478. The Morgan fingerprint density at radius 2 is 2.00 bits per heavy atom. The second-order valence-corrected chi connectivity index (χ2v) is 3.42. The molecule has 0 aliphatic heterocycles. The highest BCUT2D eigenvalue weighted by molar-refractivity contribution is 6.30. The zero-order valence-electron chi connectivity index (χ0n) is 7.31. The molecule has 0 unspecified atom stereocenters. The van der Waals surface area contributed by atoms with E-state index in [4.69, 9.17) is 11.6 Å². The number of Topliss-reactive ketones (excluding diaryl/α,β-unsaturated/α-hetero) is 1. The molecule has 0 aliphatic rings. The first-order valence-corrected chi connectivity index (χ1v) is 4.33. The van der Waals surface area contributed by atoms with Crippen LogP contribution in [0.15, 0.2) is 18.2 Å². The van der Waals surface area contributed by atoms with Crippen LogP contribution in [-0.4, -0.2) is 5.78 Å². The van der Waals surface area contributed by atoms with E-state index in [9.17, 15) is 9.18 Å². The van der Waals surface area contributed by atoms with Crippen molar-refractivity contribution >= 4 is 17.4 Å². The maximum atomic E-state index is 12.3. The Hall–Kier alpha value is -0.890. The van der Waals surface area contributed by atoms with E-state index in [1.165, 1.54) is 6.92 Å². The zero-order chi connectivity index (χ0) is 9.84. The van der Waals surface area contributed by atoms with Crippen molar-refractivity contribution in [1.29, 1.82) is 0 Å². The van der Waals surface area contributed by atoms with Gasteiger partial charge in [0.05, 0.1) is 0 Å². The summed E-state index contributed by atoms with van der Waals surface area (Å²) in [6.07, 6.45) is 0.313. The van der Waals surface area contributed by atoms with Gasteiger partial charge in [0.1, 0.15) is 12.5 Å². The minimum Gasteiger partial charge on any atom is -0.300 e. The van der Waals surface area contributed by atoms with Crippen LogP contribution in [0.5, 0.6) is 0 Å². The number of hydrogen-bond donors (Lipinski definition) is 0. The first-order valence-electron chi connectivity index (χ1n) is 3.95. The lowest BCUT2D eigenvalue weighted by atomic mass is 10.1.